The first-order chi connectivity index (χ1) is 18.5. The predicted octanol–water partition coefficient (Wildman–Crippen LogP) is 4.31. The van der Waals surface area contributed by atoms with Gasteiger partial charge in [0.05, 0.1) is 11.4 Å². The highest BCUT2D eigenvalue weighted by Crippen LogP contribution is 2.29. The maximum absolute atomic E-state index is 13.9. The van der Waals surface area contributed by atoms with Gasteiger partial charge in [-0.1, -0.05) is 78.9 Å². The van der Waals surface area contributed by atoms with Gasteiger partial charge in [-0.25, -0.2) is 9.79 Å². The summed E-state index contributed by atoms with van der Waals surface area (Å²) < 4.78 is 5.58. The number of carbonyl (C=O) groups excluding carboxylic acids is 3. The van der Waals surface area contributed by atoms with Crippen LogP contribution in [0.1, 0.15) is 42.6 Å². The van der Waals surface area contributed by atoms with Crippen molar-refractivity contribution < 1.29 is 19.1 Å². The van der Waals surface area contributed by atoms with Crippen molar-refractivity contribution in [2.45, 2.75) is 32.0 Å². The molecule has 8 nitrogen and oxygen atoms in total. The number of hydrogen-bond donors (Lipinski definition) is 1. The van der Waals surface area contributed by atoms with E-state index in [2.05, 4.69) is 5.32 Å². The number of carbonyl (C=O) groups is 3. The molecule has 2 heterocycles. The minimum atomic E-state index is -1.28. The molecule has 2 aliphatic rings. The van der Waals surface area contributed by atoms with Crippen LogP contribution in [0.25, 0.3) is 0 Å². The fourth-order valence-corrected chi connectivity index (χ4v) is 4.81. The first kappa shape index (κ1) is 25.2. The molecule has 1 fully saturated rings. The van der Waals surface area contributed by atoms with Crippen molar-refractivity contribution in [1.29, 1.82) is 0 Å². The average Bonchev–Trinajstić information content (AvgIpc) is 3.47. The van der Waals surface area contributed by atoms with Gasteiger partial charge in [0, 0.05) is 24.2 Å². The minimum Gasteiger partial charge on any atom is -0.442 e. The van der Waals surface area contributed by atoms with Gasteiger partial charge in [-0.2, -0.15) is 0 Å². The number of alkyl carbamates (subject to hydrolysis) is 1. The third-order valence-electron chi connectivity index (χ3n) is 6.81. The SMILES string of the molecule is C[C@H](OC(=O)N[C@@H]1N=C(c2ccccc2)c2ccccc2N(CC(=O)N2CCCC2)C1=O)c1ccccc1. The summed E-state index contributed by atoms with van der Waals surface area (Å²) in [5.41, 5.74) is 3.44. The van der Waals surface area contributed by atoms with Crippen LogP contribution in [0.15, 0.2) is 89.9 Å². The van der Waals surface area contributed by atoms with E-state index in [1.54, 1.807) is 17.9 Å². The van der Waals surface area contributed by atoms with Crippen LogP contribution < -0.4 is 10.2 Å². The second-order valence-corrected chi connectivity index (χ2v) is 9.38. The van der Waals surface area contributed by atoms with Crippen LogP contribution >= 0.6 is 0 Å². The molecule has 2 atom stereocenters. The van der Waals surface area contributed by atoms with E-state index in [1.165, 1.54) is 4.90 Å². The van der Waals surface area contributed by atoms with Gasteiger partial charge in [-0.05, 0) is 31.4 Å². The van der Waals surface area contributed by atoms with Gasteiger partial charge in [0.1, 0.15) is 12.6 Å². The lowest BCUT2D eigenvalue weighted by Crippen LogP contribution is -2.50. The number of aliphatic imine (C=N–C) groups is 1. The molecule has 3 aromatic carbocycles. The van der Waals surface area contributed by atoms with E-state index in [4.69, 9.17) is 9.73 Å². The van der Waals surface area contributed by atoms with Crippen molar-refractivity contribution in [2.75, 3.05) is 24.5 Å². The first-order valence-electron chi connectivity index (χ1n) is 12.8. The summed E-state index contributed by atoms with van der Waals surface area (Å²) in [6.45, 7) is 2.99. The molecule has 1 N–H and O–H groups in total. The van der Waals surface area contributed by atoms with Crippen LogP contribution in [0, 0.1) is 0 Å². The zero-order chi connectivity index (χ0) is 26.5. The van der Waals surface area contributed by atoms with E-state index in [-0.39, 0.29) is 12.5 Å². The lowest BCUT2D eigenvalue weighted by atomic mass is 10.0. The molecule has 8 heteroatoms. The van der Waals surface area contributed by atoms with Crippen molar-refractivity contribution >= 4 is 29.3 Å². The second kappa shape index (κ2) is 11.3. The number of benzene rings is 3. The third kappa shape index (κ3) is 5.44. The minimum absolute atomic E-state index is 0.132. The van der Waals surface area contributed by atoms with Gasteiger partial charge < -0.3 is 9.64 Å². The zero-order valence-corrected chi connectivity index (χ0v) is 21.2. The maximum atomic E-state index is 13.9. The molecular weight excluding hydrogens is 480 g/mol. The van der Waals surface area contributed by atoms with Crippen molar-refractivity contribution in [3.63, 3.8) is 0 Å². The smallest absolute Gasteiger partial charge is 0.409 e. The van der Waals surface area contributed by atoms with Crippen molar-refractivity contribution in [3.8, 4) is 0 Å². The average molecular weight is 511 g/mol. The normalized spacial score (nSPS) is 17.8. The molecule has 0 aliphatic carbocycles. The Morgan fingerprint density at radius 3 is 2.29 bits per heavy atom. The number of likely N-dealkylation sites (tertiary alicyclic amines) is 1. The summed E-state index contributed by atoms with van der Waals surface area (Å²) in [6.07, 6.45) is -0.674. The topological polar surface area (TPSA) is 91.3 Å². The summed E-state index contributed by atoms with van der Waals surface area (Å²) in [5.74, 6) is -0.631. The van der Waals surface area contributed by atoms with Gasteiger partial charge in [-0.3, -0.25) is 19.8 Å². The molecule has 38 heavy (non-hydrogen) atoms. The molecule has 0 aromatic heterocycles. The standard InChI is InChI=1S/C30H30N4O4/c1-21(22-12-4-2-5-13-22)38-30(37)32-28-29(36)34(20-26(35)33-18-10-11-19-33)25-17-9-8-16-24(25)27(31-28)23-14-6-3-7-15-23/h2-9,12-17,21,28H,10-11,18-20H2,1H3,(H,32,37)/t21-,28-/m0/s1. The number of nitrogens with zero attached hydrogens (tertiary/aromatic N) is 3. The number of hydrogen-bond acceptors (Lipinski definition) is 5. The first-order valence-corrected chi connectivity index (χ1v) is 12.8. The lowest BCUT2D eigenvalue weighted by molar-refractivity contribution is -0.130. The largest absolute Gasteiger partial charge is 0.442 e. The Bertz CT molecular complexity index is 1340. The van der Waals surface area contributed by atoms with Crippen LogP contribution in [0.3, 0.4) is 0 Å². The van der Waals surface area contributed by atoms with Crippen molar-refractivity contribution in [2.24, 2.45) is 4.99 Å². The molecule has 3 aromatic rings. The molecule has 0 bridgehead atoms. The van der Waals surface area contributed by atoms with E-state index in [9.17, 15) is 14.4 Å². The Kier molecular flexibility index (Phi) is 7.49. The maximum Gasteiger partial charge on any atom is 0.409 e. The quantitative estimate of drug-likeness (QED) is 0.535. The molecule has 0 unspecified atom stereocenters. The molecule has 194 valence electrons. The van der Waals surface area contributed by atoms with E-state index >= 15 is 0 Å². The number of nitrogens with one attached hydrogen (secondary N) is 1. The van der Waals surface area contributed by atoms with Crippen molar-refractivity contribution in [1.82, 2.24) is 10.2 Å². The Hall–Kier alpha value is -4.46. The van der Waals surface area contributed by atoms with Crippen LogP contribution in [0.2, 0.25) is 0 Å². The predicted molar refractivity (Wildman–Crippen MR) is 145 cm³/mol. The van der Waals surface area contributed by atoms with Crippen LogP contribution in [0.5, 0.6) is 0 Å². The van der Waals surface area contributed by atoms with Crippen LogP contribution in [-0.4, -0.2) is 54.3 Å². The molecule has 5 rings (SSSR count). The molecule has 1 saturated heterocycles. The number of fused-ring (bicyclic) bond motifs is 1. The molecule has 3 amide bonds. The number of anilines is 1. The van der Waals surface area contributed by atoms with E-state index < -0.39 is 24.3 Å². The Balaban J connectivity index is 1.48. The molecule has 0 radical (unpaired) electrons. The van der Waals surface area contributed by atoms with Gasteiger partial charge in [0.2, 0.25) is 12.1 Å². The Labute approximate surface area is 221 Å². The number of ether oxygens (including phenoxy) is 1. The molecule has 0 saturated carbocycles. The summed E-state index contributed by atoms with van der Waals surface area (Å²) in [6, 6.07) is 26.2. The van der Waals surface area contributed by atoms with Gasteiger partial charge in [0.25, 0.3) is 5.91 Å². The van der Waals surface area contributed by atoms with Crippen molar-refractivity contribution in [3.05, 3.63) is 102 Å². The number of amides is 3. The highest BCUT2D eigenvalue weighted by Gasteiger charge is 2.35. The summed E-state index contributed by atoms with van der Waals surface area (Å²) >= 11 is 0. The molecule has 2 aliphatic heterocycles. The van der Waals surface area contributed by atoms with E-state index in [0.29, 0.717) is 30.1 Å². The van der Waals surface area contributed by atoms with E-state index in [0.717, 1.165) is 24.0 Å². The highest BCUT2D eigenvalue weighted by atomic mass is 16.6. The number of benzodiazepines with no additional fused rings is 1. The fraction of sp³-hybridized carbons (Fsp3) is 0.267. The number of rotatable bonds is 6. The third-order valence-corrected chi connectivity index (χ3v) is 6.81. The number of para-hydroxylation sites is 1. The zero-order valence-electron chi connectivity index (χ0n) is 21.2. The fourth-order valence-electron chi connectivity index (χ4n) is 4.81. The second-order valence-electron chi connectivity index (χ2n) is 9.38. The van der Waals surface area contributed by atoms with Crippen LogP contribution in [-0.2, 0) is 14.3 Å². The summed E-state index contributed by atoms with van der Waals surface area (Å²) in [7, 11) is 0. The molecular formula is C30H30N4O4. The van der Waals surface area contributed by atoms with Crippen LogP contribution in [0.4, 0.5) is 10.5 Å². The summed E-state index contributed by atoms with van der Waals surface area (Å²) in [5, 5.41) is 2.65. The molecule has 0 spiro atoms. The van der Waals surface area contributed by atoms with Gasteiger partial charge in [0.15, 0.2) is 0 Å². The van der Waals surface area contributed by atoms with Gasteiger partial charge in [-0.15, -0.1) is 0 Å². The van der Waals surface area contributed by atoms with Gasteiger partial charge >= 0.3 is 6.09 Å². The Morgan fingerprint density at radius 1 is 0.947 bits per heavy atom. The Morgan fingerprint density at radius 2 is 1.58 bits per heavy atom. The summed E-state index contributed by atoms with van der Waals surface area (Å²) in [4.78, 5) is 47.9. The lowest BCUT2D eigenvalue weighted by Gasteiger charge is -2.27. The monoisotopic (exact) mass is 510 g/mol. The highest BCUT2D eigenvalue weighted by molar-refractivity contribution is 6.20. The van der Waals surface area contributed by atoms with E-state index in [1.807, 2.05) is 78.9 Å².